The van der Waals surface area contributed by atoms with Gasteiger partial charge in [-0.15, -0.1) is 0 Å². The van der Waals surface area contributed by atoms with Crippen LogP contribution in [0.3, 0.4) is 0 Å². The molecule has 0 unspecified atom stereocenters. The summed E-state index contributed by atoms with van der Waals surface area (Å²) in [6.45, 7) is 7.26. The Morgan fingerprint density at radius 2 is 1.97 bits per heavy atom. The Bertz CT molecular complexity index is 1110. The van der Waals surface area contributed by atoms with Gasteiger partial charge in [0.15, 0.2) is 0 Å². The third-order valence-corrected chi connectivity index (χ3v) is 6.25. The third-order valence-electron chi connectivity index (χ3n) is 5.84. The molecule has 4 rings (SSSR count). The van der Waals surface area contributed by atoms with E-state index in [1.54, 1.807) is 18.2 Å². The van der Waals surface area contributed by atoms with Gasteiger partial charge in [0.2, 0.25) is 0 Å². The summed E-state index contributed by atoms with van der Waals surface area (Å²) in [7, 11) is 0. The van der Waals surface area contributed by atoms with Gasteiger partial charge in [0.05, 0.1) is 11.8 Å². The number of hydrogen-bond donors (Lipinski definition) is 1. The highest BCUT2D eigenvalue weighted by atomic mass is 35.5. The van der Waals surface area contributed by atoms with Crippen molar-refractivity contribution in [2.75, 3.05) is 11.5 Å². The molecule has 0 bridgehead atoms. The fourth-order valence-electron chi connectivity index (χ4n) is 4.02. The highest BCUT2D eigenvalue weighted by molar-refractivity contribution is 6.39. The van der Waals surface area contributed by atoms with Crippen LogP contribution in [0.4, 0.5) is 10.5 Å². The van der Waals surface area contributed by atoms with Crippen LogP contribution in [0.1, 0.15) is 35.4 Å². The number of anilines is 1. The molecule has 162 valence electrons. The summed E-state index contributed by atoms with van der Waals surface area (Å²) in [5, 5.41) is 2.68. The quantitative estimate of drug-likeness (QED) is 0.576. The maximum absolute atomic E-state index is 13.1. The van der Waals surface area contributed by atoms with Crippen molar-refractivity contribution in [3.63, 3.8) is 0 Å². The molecular formula is C23H24ClN3O4. The van der Waals surface area contributed by atoms with Crippen molar-refractivity contribution in [2.45, 2.75) is 46.3 Å². The minimum atomic E-state index is -0.795. The Morgan fingerprint density at radius 3 is 2.65 bits per heavy atom. The van der Waals surface area contributed by atoms with Crippen LogP contribution in [0, 0.1) is 20.8 Å². The normalized spacial score (nSPS) is 20.6. The van der Waals surface area contributed by atoms with Gasteiger partial charge in [-0.05, 0) is 69.0 Å². The fraction of sp³-hybridized carbons (Fsp3) is 0.348. The molecule has 0 saturated carbocycles. The van der Waals surface area contributed by atoms with Crippen LogP contribution in [0.15, 0.2) is 29.8 Å². The number of halogens is 1. The zero-order valence-corrected chi connectivity index (χ0v) is 18.5. The van der Waals surface area contributed by atoms with Gasteiger partial charge >= 0.3 is 6.03 Å². The first kappa shape index (κ1) is 21.3. The maximum atomic E-state index is 13.1. The van der Waals surface area contributed by atoms with Crippen molar-refractivity contribution in [2.24, 2.45) is 0 Å². The van der Waals surface area contributed by atoms with Crippen LogP contribution in [0.25, 0.3) is 6.08 Å². The number of barbiturate groups is 1. The minimum absolute atomic E-state index is 0.103. The second-order valence-corrected chi connectivity index (χ2v) is 8.37. The first-order chi connectivity index (χ1) is 14.8. The van der Waals surface area contributed by atoms with E-state index in [4.69, 9.17) is 16.3 Å². The van der Waals surface area contributed by atoms with Crippen LogP contribution in [-0.4, -0.2) is 35.1 Å². The van der Waals surface area contributed by atoms with Gasteiger partial charge < -0.3 is 9.30 Å². The van der Waals surface area contributed by atoms with E-state index in [0.717, 1.165) is 53.4 Å². The van der Waals surface area contributed by atoms with E-state index in [0.29, 0.717) is 10.7 Å². The van der Waals surface area contributed by atoms with Gasteiger partial charge in [0.25, 0.3) is 11.8 Å². The number of ether oxygens (including phenoxy) is 1. The van der Waals surface area contributed by atoms with Gasteiger partial charge in [-0.25, -0.2) is 9.69 Å². The predicted molar refractivity (Wildman–Crippen MR) is 118 cm³/mol. The van der Waals surface area contributed by atoms with E-state index >= 15 is 0 Å². The highest BCUT2D eigenvalue weighted by Crippen LogP contribution is 2.28. The number of carbonyl (C=O) groups excluding carboxylic acids is 3. The van der Waals surface area contributed by atoms with Crippen LogP contribution in [-0.2, 0) is 20.9 Å². The summed E-state index contributed by atoms with van der Waals surface area (Å²) in [6, 6.07) is 6.02. The van der Waals surface area contributed by atoms with Crippen molar-refractivity contribution < 1.29 is 19.1 Å². The topological polar surface area (TPSA) is 80.6 Å². The SMILES string of the molecule is Cc1ccc(N2C(=O)NC(=O)/C(=C\c3cc(C)n(C[C@@H]4CCCO4)c3C)C2=O)cc1Cl. The number of aromatic nitrogens is 1. The molecule has 31 heavy (non-hydrogen) atoms. The monoisotopic (exact) mass is 441 g/mol. The lowest BCUT2D eigenvalue weighted by Crippen LogP contribution is -2.54. The predicted octanol–water partition coefficient (Wildman–Crippen LogP) is 3.91. The summed E-state index contributed by atoms with van der Waals surface area (Å²) in [6.07, 6.45) is 3.79. The molecule has 8 heteroatoms. The van der Waals surface area contributed by atoms with Gasteiger partial charge in [-0.3, -0.25) is 14.9 Å². The van der Waals surface area contributed by atoms with Crippen LogP contribution >= 0.6 is 11.6 Å². The van der Waals surface area contributed by atoms with Crippen LogP contribution < -0.4 is 10.2 Å². The molecule has 3 heterocycles. The highest BCUT2D eigenvalue weighted by Gasteiger charge is 2.37. The fourth-order valence-corrected chi connectivity index (χ4v) is 4.19. The van der Waals surface area contributed by atoms with Crippen LogP contribution in [0.5, 0.6) is 0 Å². The summed E-state index contributed by atoms with van der Waals surface area (Å²) in [4.78, 5) is 39.0. The molecule has 2 aliphatic heterocycles. The standard InChI is InChI=1S/C23H24ClN3O4/c1-13-6-7-17(11-20(13)24)27-22(29)19(21(28)25-23(27)30)10-16-9-14(2)26(15(16)3)12-18-5-4-8-31-18/h6-7,9-11,18H,4-5,8,12H2,1-3H3,(H,25,28,30)/b19-10+/t18-/m0/s1. The Labute approximate surface area is 185 Å². The smallest absolute Gasteiger partial charge is 0.335 e. The second kappa shape index (κ2) is 8.32. The number of benzene rings is 1. The molecule has 7 nitrogen and oxygen atoms in total. The molecule has 1 atom stereocenters. The molecule has 1 N–H and O–H groups in total. The van der Waals surface area contributed by atoms with E-state index < -0.39 is 17.8 Å². The molecule has 2 fully saturated rings. The van der Waals surface area contributed by atoms with Crippen molar-refractivity contribution in [1.82, 2.24) is 9.88 Å². The maximum Gasteiger partial charge on any atom is 0.335 e. The van der Waals surface area contributed by atoms with Gasteiger partial charge in [-0.1, -0.05) is 17.7 Å². The Balaban J connectivity index is 1.68. The van der Waals surface area contributed by atoms with Gasteiger partial charge in [0.1, 0.15) is 5.57 Å². The molecule has 0 spiro atoms. The van der Waals surface area contributed by atoms with E-state index in [9.17, 15) is 14.4 Å². The first-order valence-corrected chi connectivity index (χ1v) is 10.6. The molecule has 2 aliphatic rings. The van der Waals surface area contributed by atoms with Crippen LogP contribution in [0.2, 0.25) is 5.02 Å². The largest absolute Gasteiger partial charge is 0.376 e. The number of rotatable bonds is 4. The second-order valence-electron chi connectivity index (χ2n) is 7.96. The van der Waals surface area contributed by atoms with E-state index in [1.165, 1.54) is 6.07 Å². The van der Waals surface area contributed by atoms with Crippen molar-refractivity contribution >= 4 is 41.2 Å². The number of urea groups is 1. The minimum Gasteiger partial charge on any atom is -0.376 e. The Morgan fingerprint density at radius 1 is 1.19 bits per heavy atom. The van der Waals surface area contributed by atoms with E-state index in [-0.39, 0.29) is 11.7 Å². The molecule has 0 radical (unpaired) electrons. The average Bonchev–Trinajstić information content (AvgIpc) is 3.32. The number of nitrogens with one attached hydrogen (secondary N) is 1. The lowest BCUT2D eigenvalue weighted by molar-refractivity contribution is -0.122. The van der Waals surface area contributed by atoms with Crippen molar-refractivity contribution in [1.29, 1.82) is 0 Å². The third kappa shape index (κ3) is 4.03. The summed E-state index contributed by atoms with van der Waals surface area (Å²) < 4.78 is 7.88. The number of amides is 4. The lowest BCUT2D eigenvalue weighted by Gasteiger charge is -2.26. The molecule has 0 aliphatic carbocycles. The first-order valence-electron chi connectivity index (χ1n) is 10.2. The molecule has 1 aromatic carbocycles. The van der Waals surface area contributed by atoms with Gasteiger partial charge in [0, 0.05) is 29.6 Å². The number of carbonyl (C=O) groups is 3. The Hall–Kier alpha value is -2.90. The number of nitrogens with zero attached hydrogens (tertiary/aromatic N) is 2. The summed E-state index contributed by atoms with van der Waals surface area (Å²) >= 11 is 6.17. The number of hydrogen-bond acceptors (Lipinski definition) is 4. The molecule has 2 aromatic rings. The van der Waals surface area contributed by atoms with E-state index in [1.807, 2.05) is 26.8 Å². The Kier molecular flexibility index (Phi) is 5.73. The van der Waals surface area contributed by atoms with E-state index in [2.05, 4.69) is 9.88 Å². The lowest BCUT2D eigenvalue weighted by atomic mass is 10.1. The molecular weight excluding hydrogens is 418 g/mol. The number of aryl methyl sites for hydroxylation is 2. The van der Waals surface area contributed by atoms with Crippen molar-refractivity contribution in [3.8, 4) is 0 Å². The molecule has 1 aromatic heterocycles. The molecule has 2 saturated heterocycles. The molecule has 4 amide bonds. The summed E-state index contributed by atoms with van der Waals surface area (Å²) in [5.41, 5.74) is 3.73. The van der Waals surface area contributed by atoms with Gasteiger partial charge in [-0.2, -0.15) is 0 Å². The van der Waals surface area contributed by atoms with Crippen molar-refractivity contribution in [3.05, 3.63) is 57.4 Å². The zero-order chi connectivity index (χ0) is 22.3. The number of imide groups is 2. The average molecular weight is 442 g/mol. The zero-order valence-electron chi connectivity index (χ0n) is 17.7. The summed E-state index contributed by atoms with van der Waals surface area (Å²) in [5.74, 6) is -1.40.